The van der Waals surface area contributed by atoms with Crippen LogP contribution in [0.2, 0.25) is 10.0 Å². The van der Waals surface area contributed by atoms with Crippen LogP contribution in [-0.2, 0) is 6.42 Å². The molecule has 3 nitrogen and oxygen atoms in total. The van der Waals surface area contributed by atoms with Gasteiger partial charge in [-0.2, -0.15) is 0 Å². The van der Waals surface area contributed by atoms with E-state index in [1.54, 1.807) is 19.5 Å². The van der Waals surface area contributed by atoms with E-state index in [-0.39, 0.29) is 12.1 Å². The molecule has 1 aromatic heterocycles. The van der Waals surface area contributed by atoms with Crippen LogP contribution < -0.4 is 4.74 Å². The van der Waals surface area contributed by atoms with Crippen LogP contribution in [0.15, 0.2) is 67.1 Å². The number of benzene rings is 2. The summed E-state index contributed by atoms with van der Waals surface area (Å²) in [6, 6.07) is 16.9. The smallest absolute Gasteiger partial charge is 0.126 e. The molecule has 2 atom stereocenters. The molecule has 5 heteroatoms. The Morgan fingerprint density at radius 3 is 2.45 bits per heavy atom. The maximum Gasteiger partial charge on any atom is 0.126 e. The fourth-order valence-corrected chi connectivity index (χ4v) is 4.50. The van der Waals surface area contributed by atoms with Gasteiger partial charge in [0.2, 0.25) is 0 Å². The van der Waals surface area contributed by atoms with Gasteiger partial charge in [0.15, 0.2) is 0 Å². The van der Waals surface area contributed by atoms with Crippen LogP contribution in [0.3, 0.4) is 0 Å². The van der Waals surface area contributed by atoms with E-state index in [4.69, 9.17) is 27.9 Å². The summed E-state index contributed by atoms with van der Waals surface area (Å²) in [6.07, 6.45) is 8.25. The van der Waals surface area contributed by atoms with Crippen LogP contribution >= 0.6 is 23.2 Å². The SMILES string of the molecule is COc1cccc2c1C=CN(C(C)c1ccccc1)C2Cc1c(Cl)cncc1Cl. The highest BCUT2D eigenvalue weighted by atomic mass is 35.5. The molecule has 0 amide bonds. The predicted molar refractivity (Wildman–Crippen MR) is 119 cm³/mol. The van der Waals surface area contributed by atoms with E-state index in [0.717, 1.165) is 16.9 Å². The van der Waals surface area contributed by atoms with Crippen LogP contribution in [0.4, 0.5) is 0 Å². The van der Waals surface area contributed by atoms with Crippen molar-refractivity contribution in [1.82, 2.24) is 9.88 Å². The van der Waals surface area contributed by atoms with Crippen molar-refractivity contribution in [1.29, 1.82) is 0 Å². The first-order valence-corrected chi connectivity index (χ1v) is 10.3. The molecule has 4 rings (SSSR count). The third kappa shape index (κ3) is 3.85. The van der Waals surface area contributed by atoms with Gasteiger partial charge < -0.3 is 9.64 Å². The molecule has 0 N–H and O–H groups in total. The van der Waals surface area contributed by atoms with E-state index < -0.39 is 0 Å². The van der Waals surface area contributed by atoms with Gasteiger partial charge in [0.05, 0.1) is 29.2 Å². The zero-order chi connectivity index (χ0) is 20.4. The molecule has 1 aliphatic rings. The molecule has 0 fully saturated rings. The molecule has 29 heavy (non-hydrogen) atoms. The highest BCUT2D eigenvalue weighted by Gasteiger charge is 2.30. The number of fused-ring (bicyclic) bond motifs is 1. The summed E-state index contributed by atoms with van der Waals surface area (Å²) in [4.78, 5) is 6.46. The highest BCUT2D eigenvalue weighted by molar-refractivity contribution is 6.35. The Morgan fingerprint density at radius 1 is 1.03 bits per heavy atom. The lowest BCUT2D eigenvalue weighted by Crippen LogP contribution is -2.31. The lowest BCUT2D eigenvalue weighted by atomic mass is 9.89. The van der Waals surface area contributed by atoms with Crippen molar-refractivity contribution in [2.45, 2.75) is 25.4 Å². The maximum atomic E-state index is 6.47. The Hall–Kier alpha value is -2.49. The Labute approximate surface area is 181 Å². The number of aromatic nitrogens is 1. The van der Waals surface area contributed by atoms with Crippen molar-refractivity contribution < 1.29 is 4.74 Å². The van der Waals surface area contributed by atoms with E-state index in [1.165, 1.54) is 11.1 Å². The van der Waals surface area contributed by atoms with Crippen LogP contribution in [0.5, 0.6) is 5.75 Å². The van der Waals surface area contributed by atoms with Gasteiger partial charge in [0, 0.05) is 30.6 Å². The number of pyridine rings is 1. The molecule has 0 bridgehead atoms. The van der Waals surface area contributed by atoms with Gasteiger partial charge in [0.25, 0.3) is 0 Å². The van der Waals surface area contributed by atoms with Crippen LogP contribution in [0, 0.1) is 0 Å². The topological polar surface area (TPSA) is 25.4 Å². The Morgan fingerprint density at radius 2 is 1.76 bits per heavy atom. The molecule has 0 radical (unpaired) electrons. The Bertz CT molecular complexity index is 1020. The second-order valence-electron chi connectivity index (χ2n) is 7.11. The standard InChI is InChI=1S/C24H22Cl2N2O/c1-16(17-7-4-3-5-8-17)28-12-11-19-18(9-6-10-24(19)29-2)23(28)13-20-21(25)14-27-15-22(20)26/h3-12,14-16,23H,13H2,1-2H3. The van der Waals surface area contributed by atoms with Crippen LogP contribution in [0.1, 0.15) is 41.3 Å². The van der Waals surface area contributed by atoms with Crippen molar-refractivity contribution in [3.05, 3.63) is 99.4 Å². The minimum absolute atomic E-state index is 0.0534. The molecular weight excluding hydrogens is 403 g/mol. The van der Waals surface area contributed by atoms with Gasteiger partial charge in [-0.1, -0.05) is 65.7 Å². The highest BCUT2D eigenvalue weighted by Crippen LogP contribution is 2.42. The van der Waals surface area contributed by atoms with E-state index in [1.807, 2.05) is 18.2 Å². The largest absolute Gasteiger partial charge is 0.496 e. The van der Waals surface area contributed by atoms with Gasteiger partial charge >= 0.3 is 0 Å². The number of nitrogens with zero attached hydrogens (tertiary/aromatic N) is 2. The summed E-state index contributed by atoms with van der Waals surface area (Å²) in [6.45, 7) is 2.22. The normalized spacial score (nSPS) is 16.4. The number of rotatable bonds is 5. The maximum absolute atomic E-state index is 6.47. The fraction of sp³-hybridized carbons (Fsp3) is 0.208. The quantitative estimate of drug-likeness (QED) is 0.453. The number of ether oxygens (including phenoxy) is 1. The van der Waals surface area contributed by atoms with Crippen molar-refractivity contribution in [3.8, 4) is 5.75 Å². The van der Waals surface area contributed by atoms with Crippen molar-refractivity contribution in [2.75, 3.05) is 7.11 Å². The van der Waals surface area contributed by atoms with E-state index >= 15 is 0 Å². The minimum atomic E-state index is 0.0534. The molecule has 0 saturated carbocycles. The molecule has 0 spiro atoms. The molecular formula is C24H22Cl2N2O. The number of hydrogen-bond donors (Lipinski definition) is 0. The Kier molecular flexibility index (Phi) is 5.79. The third-order valence-corrected chi connectivity index (χ3v) is 6.18. The van der Waals surface area contributed by atoms with Gasteiger partial charge in [-0.05, 0) is 35.8 Å². The summed E-state index contributed by atoms with van der Waals surface area (Å²) in [7, 11) is 1.70. The lowest BCUT2D eigenvalue weighted by Gasteiger charge is -2.40. The first-order valence-electron chi connectivity index (χ1n) is 9.55. The van der Waals surface area contributed by atoms with E-state index in [9.17, 15) is 0 Å². The number of hydrogen-bond acceptors (Lipinski definition) is 3. The van der Waals surface area contributed by atoms with Gasteiger partial charge in [0.1, 0.15) is 5.75 Å². The third-order valence-electron chi connectivity index (χ3n) is 5.53. The minimum Gasteiger partial charge on any atom is -0.496 e. The van der Waals surface area contributed by atoms with Crippen LogP contribution in [-0.4, -0.2) is 17.0 Å². The van der Waals surface area contributed by atoms with Crippen molar-refractivity contribution in [3.63, 3.8) is 0 Å². The summed E-state index contributed by atoms with van der Waals surface area (Å²) in [5, 5.41) is 1.17. The van der Waals surface area contributed by atoms with Gasteiger partial charge in [-0.3, -0.25) is 4.98 Å². The second kappa shape index (κ2) is 8.48. The summed E-state index contributed by atoms with van der Waals surface area (Å²) < 4.78 is 5.61. The average Bonchev–Trinajstić information content (AvgIpc) is 2.76. The van der Waals surface area contributed by atoms with Crippen molar-refractivity contribution in [2.24, 2.45) is 0 Å². The Balaban J connectivity index is 1.80. The average molecular weight is 425 g/mol. The predicted octanol–water partition coefficient (Wildman–Crippen LogP) is 6.73. The van der Waals surface area contributed by atoms with Gasteiger partial charge in [-0.15, -0.1) is 0 Å². The number of methoxy groups -OCH3 is 1. The molecule has 2 unspecified atom stereocenters. The molecule has 0 aliphatic carbocycles. The van der Waals surface area contributed by atoms with Crippen molar-refractivity contribution >= 4 is 29.3 Å². The molecule has 2 aromatic carbocycles. The first kappa shape index (κ1) is 19.8. The fourth-order valence-electron chi connectivity index (χ4n) is 3.98. The summed E-state index contributed by atoms with van der Waals surface area (Å²) >= 11 is 12.9. The zero-order valence-corrected chi connectivity index (χ0v) is 17.9. The molecule has 3 aromatic rings. The first-order chi connectivity index (χ1) is 14.1. The summed E-state index contributed by atoms with van der Waals surface area (Å²) in [5.74, 6) is 0.864. The molecule has 1 aliphatic heterocycles. The molecule has 2 heterocycles. The number of halogens is 2. The summed E-state index contributed by atoms with van der Waals surface area (Å²) in [5.41, 5.74) is 4.44. The van der Waals surface area contributed by atoms with Gasteiger partial charge in [-0.25, -0.2) is 0 Å². The molecule has 0 saturated heterocycles. The van der Waals surface area contributed by atoms with E-state index in [0.29, 0.717) is 16.5 Å². The van der Waals surface area contributed by atoms with E-state index in [2.05, 4.69) is 59.4 Å². The monoisotopic (exact) mass is 424 g/mol. The zero-order valence-electron chi connectivity index (χ0n) is 16.3. The van der Waals surface area contributed by atoms with Crippen LogP contribution in [0.25, 0.3) is 6.08 Å². The second-order valence-corrected chi connectivity index (χ2v) is 7.93. The lowest BCUT2D eigenvalue weighted by molar-refractivity contribution is 0.214. The molecule has 148 valence electrons.